The lowest BCUT2D eigenvalue weighted by atomic mass is 10.1. The van der Waals surface area contributed by atoms with Gasteiger partial charge in [0, 0.05) is 19.1 Å². The summed E-state index contributed by atoms with van der Waals surface area (Å²) in [5.41, 5.74) is 0. The highest BCUT2D eigenvalue weighted by Gasteiger charge is 2.38. The number of rotatable bonds is 7. The molecule has 1 aromatic rings. The van der Waals surface area contributed by atoms with Crippen LogP contribution in [0.3, 0.4) is 0 Å². The summed E-state index contributed by atoms with van der Waals surface area (Å²) in [5, 5.41) is 22.2. The molecule has 1 aliphatic heterocycles. The van der Waals surface area contributed by atoms with E-state index in [-0.39, 0.29) is 18.7 Å². The van der Waals surface area contributed by atoms with Gasteiger partial charge in [0.1, 0.15) is 0 Å². The largest absolute Gasteiger partial charge is 0.395 e. The van der Waals surface area contributed by atoms with Crippen LogP contribution in [0.15, 0.2) is 0 Å². The monoisotopic (exact) mass is 307 g/mol. The molecule has 1 saturated carbocycles. The molecule has 1 aliphatic carbocycles. The summed E-state index contributed by atoms with van der Waals surface area (Å²) in [4.78, 5) is 2.49. The van der Waals surface area contributed by atoms with Crippen LogP contribution >= 0.6 is 0 Å². The molecule has 1 saturated heterocycles. The minimum atomic E-state index is 0.250. The van der Waals surface area contributed by atoms with E-state index in [2.05, 4.69) is 27.3 Å². The molecule has 22 heavy (non-hydrogen) atoms. The molecule has 6 nitrogen and oxygen atoms in total. The Hall–Kier alpha value is -1.01. The molecule has 0 amide bonds. The minimum Gasteiger partial charge on any atom is -0.395 e. The summed E-state index contributed by atoms with van der Waals surface area (Å²) in [6.45, 7) is 4.43. The van der Waals surface area contributed by atoms with Crippen molar-refractivity contribution in [2.45, 2.75) is 76.9 Å². The Kier molecular flexibility index (Phi) is 5.41. The third-order valence-electron chi connectivity index (χ3n) is 5.38. The van der Waals surface area contributed by atoms with Gasteiger partial charge in [-0.3, -0.25) is 4.90 Å². The van der Waals surface area contributed by atoms with Gasteiger partial charge in [0.2, 0.25) is 0 Å². The maximum Gasteiger partial charge on any atom is 0.168 e. The van der Waals surface area contributed by atoms with Crippen LogP contribution in [0.1, 0.15) is 70.2 Å². The zero-order valence-electron chi connectivity index (χ0n) is 13.7. The van der Waals surface area contributed by atoms with Crippen LogP contribution in [0.2, 0.25) is 0 Å². The molecule has 0 unspecified atom stereocenters. The topological polar surface area (TPSA) is 67.1 Å². The van der Waals surface area contributed by atoms with Crippen LogP contribution in [0, 0.1) is 5.92 Å². The number of aryl methyl sites for hydroxylation is 1. The first-order valence-electron chi connectivity index (χ1n) is 8.96. The number of aromatic nitrogens is 4. The van der Waals surface area contributed by atoms with Gasteiger partial charge in [0.05, 0.1) is 12.6 Å². The number of hydrogen-bond donors (Lipinski definition) is 1. The smallest absolute Gasteiger partial charge is 0.168 e. The van der Waals surface area contributed by atoms with E-state index in [4.69, 9.17) is 0 Å². The Bertz CT molecular complexity index is 457. The normalized spacial score (nSPS) is 27.0. The van der Waals surface area contributed by atoms with Crippen molar-refractivity contribution in [1.82, 2.24) is 25.1 Å². The molecule has 2 heterocycles. The summed E-state index contributed by atoms with van der Waals surface area (Å²) in [6.07, 6.45) is 9.76. The van der Waals surface area contributed by atoms with Gasteiger partial charge in [0.25, 0.3) is 0 Å². The van der Waals surface area contributed by atoms with Gasteiger partial charge in [-0.05, 0) is 48.4 Å². The van der Waals surface area contributed by atoms with Crippen LogP contribution in [0.5, 0.6) is 0 Å². The fourth-order valence-corrected chi connectivity index (χ4v) is 4.09. The maximum atomic E-state index is 9.74. The van der Waals surface area contributed by atoms with Crippen molar-refractivity contribution in [3.63, 3.8) is 0 Å². The van der Waals surface area contributed by atoms with Gasteiger partial charge in [-0.15, -0.1) is 5.10 Å². The van der Waals surface area contributed by atoms with E-state index in [0.717, 1.165) is 50.5 Å². The number of aliphatic hydroxyl groups excluding tert-OH is 1. The average Bonchev–Trinajstić information content (AvgIpc) is 3.26. The second-order valence-electron chi connectivity index (χ2n) is 6.89. The Morgan fingerprint density at radius 3 is 2.73 bits per heavy atom. The Morgan fingerprint density at radius 2 is 2.00 bits per heavy atom. The third kappa shape index (κ3) is 3.33. The van der Waals surface area contributed by atoms with Gasteiger partial charge < -0.3 is 5.11 Å². The summed E-state index contributed by atoms with van der Waals surface area (Å²) in [6, 6.07) is 0.562. The van der Waals surface area contributed by atoms with Gasteiger partial charge in [0.15, 0.2) is 5.82 Å². The van der Waals surface area contributed by atoms with Crippen LogP contribution in [0.4, 0.5) is 0 Å². The van der Waals surface area contributed by atoms with Crippen molar-refractivity contribution in [3.05, 3.63) is 5.82 Å². The Labute approximate surface area is 132 Å². The van der Waals surface area contributed by atoms with Crippen molar-refractivity contribution < 1.29 is 5.11 Å². The van der Waals surface area contributed by atoms with E-state index in [1.807, 2.05) is 4.68 Å². The summed E-state index contributed by atoms with van der Waals surface area (Å²) in [5.74, 6) is 1.79. The molecule has 0 radical (unpaired) electrons. The predicted octanol–water partition coefficient (Wildman–Crippen LogP) is 2.16. The molecular weight excluding hydrogens is 278 g/mol. The van der Waals surface area contributed by atoms with Crippen molar-refractivity contribution >= 4 is 0 Å². The van der Waals surface area contributed by atoms with E-state index >= 15 is 0 Å². The molecule has 1 aromatic heterocycles. The fourth-order valence-electron chi connectivity index (χ4n) is 4.09. The predicted molar refractivity (Wildman–Crippen MR) is 84.2 cm³/mol. The van der Waals surface area contributed by atoms with Gasteiger partial charge in [-0.2, -0.15) is 0 Å². The molecule has 0 aromatic carbocycles. The SMILES string of the molecule is CCCCn1nnnc1[C@@H]1CC[C@@H](CO)N1CC1CCCC1. The quantitative estimate of drug-likeness (QED) is 0.836. The minimum absolute atomic E-state index is 0.250. The molecule has 0 bridgehead atoms. The van der Waals surface area contributed by atoms with E-state index < -0.39 is 0 Å². The lowest BCUT2D eigenvalue weighted by molar-refractivity contribution is 0.106. The van der Waals surface area contributed by atoms with Gasteiger partial charge >= 0.3 is 0 Å². The van der Waals surface area contributed by atoms with Crippen LogP contribution in [-0.4, -0.2) is 49.4 Å². The molecule has 2 fully saturated rings. The van der Waals surface area contributed by atoms with E-state index in [1.165, 1.54) is 25.7 Å². The van der Waals surface area contributed by atoms with E-state index in [1.54, 1.807) is 0 Å². The second kappa shape index (κ2) is 7.51. The highest BCUT2D eigenvalue weighted by Crippen LogP contribution is 2.37. The first kappa shape index (κ1) is 15.9. The van der Waals surface area contributed by atoms with Gasteiger partial charge in [-0.25, -0.2) is 4.68 Å². The highest BCUT2D eigenvalue weighted by atomic mass is 16.3. The Morgan fingerprint density at radius 1 is 1.18 bits per heavy atom. The number of tetrazole rings is 1. The summed E-state index contributed by atoms with van der Waals surface area (Å²) in [7, 11) is 0. The van der Waals surface area contributed by atoms with Gasteiger partial charge in [-0.1, -0.05) is 26.2 Å². The highest BCUT2D eigenvalue weighted by molar-refractivity contribution is 5.00. The fraction of sp³-hybridized carbons (Fsp3) is 0.938. The molecule has 3 rings (SSSR count). The summed E-state index contributed by atoms with van der Waals surface area (Å²) >= 11 is 0. The molecule has 2 atom stereocenters. The molecule has 6 heteroatoms. The van der Waals surface area contributed by atoms with Crippen molar-refractivity contribution in [2.75, 3.05) is 13.2 Å². The maximum absolute atomic E-state index is 9.74. The molecule has 0 spiro atoms. The number of nitrogens with zero attached hydrogens (tertiary/aromatic N) is 5. The third-order valence-corrected chi connectivity index (χ3v) is 5.38. The summed E-state index contributed by atoms with van der Waals surface area (Å²) < 4.78 is 1.98. The van der Waals surface area contributed by atoms with Crippen LogP contribution in [-0.2, 0) is 6.54 Å². The lowest BCUT2D eigenvalue weighted by Crippen LogP contribution is -2.38. The van der Waals surface area contributed by atoms with Crippen LogP contribution in [0.25, 0.3) is 0 Å². The van der Waals surface area contributed by atoms with E-state index in [0.29, 0.717) is 0 Å². The number of hydrogen-bond acceptors (Lipinski definition) is 5. The standard InChI is InChI=1S/C16H29N5O/c1-2-3-10-21-16(17-18-19-21)15-9-8-14(12-22)20(15)11-13-6-4-5-7-13/h13-15,22H,2-12H2,1H3/t14-,15-/m0/s1. The van der Waals surface area contributed by atoms with Crippen LogP contribution < -0.4 is 0 Å². The number of aliphatic hydroxyl groups is 1. The first-order valence-corrected chi connectivity index (χ1v) is 8.96. The van der Waals surface area contributed by atoms with E-state index in [9.17, 15) is 5.11 Å². The average molecular weight is 307 g/mol. The second-order valence-corrected chi connectivity index (χ2v) is 6.89. The first-order chi connectivity index (χ1) is 10.8. The Balaban J connectivity index is 1.74. The number of unbranched alkanes of at least 4 members (excludes halogenated alkanes) is 1. The zero-order valence-corrected chi connectivity index (χ0v) is 13.7. The van der Waals surface area contributed by atoms with Crippen molar-refractivity contribution in [2.24, 2.45) is 5.92 Å². The molecule has 2 aliphatic rings. The van der Waals surface area contributed by atoms with Crippen molar-refractivity contribution in [1.29, 1.82) is 0 Å². The number of likely N-dealkylation sites (tertiary alicyclic amines) is 1. The molecular formula is C16H29N5O. The zero-order chi connectivity index (χ0) is 15.4. The molecule has 1 N–H and O–H groups in total. The lowest BCUT2D eigenvalue weighted by Gasteiger charge is -2.31. The van der Waals surface area contributed by atoms with Crippen molar-refractivity contribution in [3.8, 4) is 0 Å². The molecule has 124 valence electrons.